The van der Waals surface area contributed by atoms with Gasteiger partial charge in [-0.25, -0.2) is 0 Å². The molecule has 2 aromatic carbocycles. The SMILES string of the molecule is CCOC(=O)C1CCCN(C(=O)c2cc(-c3ccc(Cl)cc3)n(-c3ccccc3C)c2C)C1. The van der Waals surface area contributed by atoms with Crippen molar-refractivity contribution in [3.63, 3.8) is 0 Å². The Kier molecular flexibility index (Phi) is 6.89. The lowest BCUT2D eigenvalue weighted by Gasteiger charge is -2.31. The number of ether oxygens (including phenoxy) is 1. The van der Waals surface area contributed by atoms with E-state index in [-0.39, 0.29) is 17.8 Å². The van der Waals surface area contributed by atoms with Gasteiger partial charge in [0, 0.05) is 29.5 Å². The van der Waals surface area contributed by atoms with Crippen LogP contribution < -0.4 is 0 Å². The normalized spacial score (nSPS) is 16.0. The highest BCUT2D eigenvalue weighted by molar-refractivity contribution is 6.30. The van der Waals surface area contributed by atoms with Gasteiger partial charge in [-0.3, -0.25) is 9.59 Å². The molecule has 1 aliphatic heterocycles. The minimum atomic E-state index is -0.267. The van der Waals surface area contributed by atoms with Crippen LogP contribution in [0.3, 0.4) is 0 Å². The van der Waals surface area contributed by atoms with Gasteiger partial charge < -0.3 is 14.2 Å². The smallest absolute Gasteiger partial charge is 0.310 e. The molecule has 0 aliphatic carbocycles. The maximum atomic E-state index is 13.7. The third kappa shape index (κ3) is 4.69. The summed E-state index contributed by atoms with van der Waals surface area (Å²) in [5, 5.41) is 0.666. The van der Waals surface area contributed by atoms with Gasteiger partial charge in [0.1, 0.15) is 0 Å². The number of para-hydroxylation sites is 1. The van der Waals surface area contributed by atoms with Crippen LogP contribution in [0.5, 0.6) is 0 Å². The summed E-state index contributed by atoms with van der Waals surface area (Å²) in [7, 11) is 0. The molecule has 2 heterocycles. The number of nitrogens with zero attached hydrogens (tertiary/aromatic N) is 2. The number of carbonyl (C=O) groups excluding carboxylic acids is 2. The molecule has 0 bridgehead atoms. The number of carbonyl (C=O) groups is 2. The van der Waals surface area contributed by atoms with Crippen LogP contribution in [-0.4, -0.2) is 41.0 Å². The number of halogens is 1. The number of benzene rings is 2. The molecule has 6 heteroatoms. The first-order valence-corrected chi connectivity index (χ1v) is 11.8. The second kappa shape index (κ2) is 9.84. The first-order chi connectivity index (χ1) is 15.9. The zero-order chi connectivity index (χ0) is 23.5. The molecule has 1 atom stereocenters. The van der Waals surface area contributed by atoms with Crippen LogP contribution in [0.4, 0.5) is 0 Å². The van der Waals surface area contributed by atoms with Gasteiger partial charge in [-0.05, 0) is 69.0 Å². The zero-order valence-corrected chi connectivity index (χ0v) is 20.1. The fourth-order valence-electron chi connectivity index (χ4n) is 4.57. The highest BCUT2D eigenvalue weighted by atomic mass is 35.5. The van der Waals surface area contributed by atoms with Crippen LogP contribution in [0.2, 0.25) is 5.02 Å². The largest absolute Gasteiger partial charge is 0.466 e. The number of hydrogen-bond acceptors (Lipinski definition) is 3. The van der Waals surface area contributed by atoms with Crippen molar-refractivity contribution in [1.29, 1.82) is 0 Å². The van der Waals surface area contributed by atoms with Gasteiger partial charge in [-0.2, -0.15) is 0 Å². The predicted octanol–water partition coefficient (Wildman–Crippen LogP) is 5.83. The van der Waals surface area contributed by atoms with Gasteiger partial charge in [-0.1, -0.05) is 41.9 Å². The summed E-state index contributed by atoms with van der Waals surface area (Å²) in [5.41, 5.74) is 5.58. The van der Waals surface area contributed by atoms with E-state index in [2.05, 4.69) is 23.6 Å². The number of hydrogen-bond donors (Lipinski definition) is 0. The van der Waals surface area contributed by atoms with Crippen LogP contribution >= 0.6 is 11.6 Å². The molecule has 0 N–H and O–H groups in total. The number of esters is 1. The van der Waals surface area contributed by atoms with E-state index in [1.165, 1.54) is 0 Å². The van der Waals surface area contributed by atoms with Gasteiger partial charge in [0.05, 0.1) is 23.8 Å². The molecule has 172 valence electrons. The van der Waals surface area contributed by atoms with Gasteiger partial charge in [-0.15, -0.1) is 0 Å². The number of aryl methyl sites for hydroxylation is 1. The van der Waals surface area contributed by atoms with Crippen molar-refractivity contribution in [2.24, 2.45) is 5.92 Å². The lowest BCUT2D eigenvalue weighted by Crippen LogP contribution is -2.43. The Hall–Kier alpha value is -3.05. The Balaban J connectivity index is 1.75. The fraction of sp³-hybridized carbons (Fsp3) is 0.333. The molecule has 0 radical (unpaired) electrons. The van der Waals surface area contributed by atoms with E-state index in [0.717, 1.165) is 41.0 Å². The molecule has 0 saturated carbocycles. The Labute approximate surface area is 199 Å². The summed E-state index contributed by atoms with van der Waals surface area (Å²) in [4.78, 5) is 27.7. The molecule has 4 rings (SSSR count). The Morgan fingerprint density at radius 1 is 1.09 bits per heavy atom. The number of amides is 1. The number of likely N-dealkylation sites (tertiary alicyclic amines) is 1. The highest BCUT2D eigenvalue weighted by Crippen LogP contribution is 2.33. The maximum Gasteiger partial charge on any atom is 0.310 e. The molecule has 1 amide bonds. The van der Waals surface area contributed by atoms with Crippen molar-refractivity contribution in [1.82, 2.24) is 9.47 Å². The van der Waals surface area contributed by atoms with Crippen molar-refractivity contribution in [2.45, 2.75) is 33.6 Å². The van der Waals surface area contributed by atoms with Crippen molar-refractivity contribution in [3.8, 4) is 16.9 Å². The second-order valence-electron chi connectivity index (χ2n) is 8.50. The zero-order valence-electron chi connectivity index (χ0n) is 19.3. The molecule has 5 nitrogen and oxygen atoms in total. The summed E-state index contributed by atoms with van der Waals surface area (Å²) < 4.78 is 7.35. The van der Waals surface area contributed by atoms with Gasteiger partial charge in [0.15, 0.2) is 0 Å². The Morgan fingerprint density at radius 3 is 2.52 bits per heavy atom. The third-order valence-corrected chi connectivity index (χ3v) is 6.55. The molecule has 1 saturated heterocycles. The monoisotopic (exact) mass is 464 g/mol. The quantitative estimate of drug-likeness (QED) is 0.446. The van der Waals surface area contributed by atoms with Gasteiger partial charge in [0.2, 0.25) is 0 Å². The minimum absolute atomic E-state index is 0.0518. The van der Waals surface area contributed by atoms with Crippen LogP contribution in [0.15, 0.2) is 54.6 Å². The first-order valence-electron chi connectivity index (χ1n) is 11.4. The van der Waals surface area contributed by atoms with E-state index < -0.39 is 0 Å². The summed E-state index contributed by atoms with van der Waals surface area (Å²) in [6.45, 7) is 7.23. The van der Waals surface area contributed by atoms with Crippen molar-refractivity contribution < 1.29 is 14.3 Å². The molecule has 1 aromatic heterocycles. The van der Waals surface area contributed by atoms with E-state index in [9.17, 15) is 9.59 Å². The summed E-state index contributed by atoms with van der Waals surface area (Å²) >= 11 is 6.13. The molecular formula is C27H29ClN2O3. The van der Waals surface area contributed by atoms with E-state index in [1.54, 1.807) is 11.8 Å². The highest BCUT2D eigenvalue weighted by Gasteiger charge is 2.31. The molecule has 1 unspecified atom stereocenters. The maximum absolute atomic E-state index is 13.7. The fourth-order valence-corrected chi connectivity index (χ4v) is 4.69. The Bertz CT molecular complexity index is 1170. The second-order valence-corrected chi connectivity index (χ2v) is 8.94. The van der Waals surface area contributed by atoms with E-state index in [1.807, 2.05) is 49.4 Å². The summed E-state index contributed by atoms with van der Waals surface area (Å²) in [6, 6.07) is 17.8. The molecule has 0 spiro atoms. The van der Waals surface area contributed by atoms with Gasteiger partial charge in [0.25, 0.3) is 5.91 Å². The van der Waals surface area contributed by atoms with Crippen molar-refractivity contribution in [2.75, 3.05) is 19.7 Å². The van der Waals surface area contributed by atoms with Crippen molar-refractivity contribution in [3.05, 3.63) is 76.4 Å². The van der Waals surface area contributed by atoms with Gasteiger partial charge >= 0.3 is 5.97 Å². The molecule has 1 fully saturated rings. The average molecular weight is 465 g/mol. The molecule has 1 aliphatic rings. The number of piperidine rings is 1. The van der Waals surface area contributed by atoms with Crippen LogP contribution in [0.1, 0.15) is 41.4 Å². The Morgan fingerprint density at radius 2 is 1.82 bits per heavy atom. The standard InChI is InChI=1S/C27H29ClN2O3/c1-4-33-27(32)21-9-7-15-29(17-21)26(31)23-16-25(20-11-13-22(28)14-12-20)30(19(23)3)24-10-6-5-8-18(24)2/h5-6,8,10-14,16,21H,4,7,9,15,17H2,1-3H3. The van der Waals surface area contributed by atoms with E-state index in [0.29, 0.717) is 30.3 Å². The third-order valence-electron chi connectivity index (χ3n) is 6.30. The van der Waals surface area contributed by atoms with Crippen LogP contribution in [0.25, 0.3) is 16.9 Å². The molecular weight excluding hydrogens is 436 g/mol. The lowest BCUT2D eigenvalue weighted by atomic mass is 9.97. The summed E-state index contributed by atoms with van der Waals surface area (Å²) in [6.07, 6.45) is 1.54. The number of rotatable bonds is 5. The van der Waals surface area contributed by atoms with E-state index >= 15 is 0 Å². The topological polar surface area (TPSA) is 51.5 Å². The van der Waals surface area contributed by atoms with Crippen molar-refractivity contribution >= 4 is 23.5 Å². The molecule has 3 aromatic rings. The predicted molar refractivity (Wildman–Crippen MR) is 131 cm³/mol. The van der Waals surface area contributed by atoms with Crippen LogP contribution in [-0.2, 0) is 9.53 Å². The first kappa shape index (κ1) is 23.1. The summed E-state index contributed by atoms with van der Waals surface area (Å²) in [5.74, 6) is -0.535. The average Bonchev–Trinajstić information content (AvgIpc) is 3.16. The van der Waals surface area contributed by atoms with E-state index in [4.69, 9.17) is 16.3 Å². The molecule has 33 heavy (non-hydrogen) atoms. The number of aromatic nitrogens is 1. The lowest BCUT2D eigenvalue weighted by molar-refractivity contribution is -0.149. The minimum Gasteiger partial charge on any atom is -0.466 e. The van der Waals surface area contributed by atoms with Crippen LogP contribution in [0, 0.1) is 19.8 Å².